The Balaban J connectivity index is 2.17. The summed E-state index contributed by atoms with van der Waals surface area (Å²) in [5.74, 6) is 0.772. The monoisotopic (exact) mass is 376 g/mol. The van der Waals surface area contributed by atoms with Gasteiger partial charge >= 0.3 is 0 Å². The predicted molar refractivity (Wildman–Crippen MR) is 105 cm³/mol. The van der Waals surface area contributed by atoms with Crippen molar-refractivity contribution in [1.82, 2.24) is 0 Å². The molecule has 2 aliphatic rings. The number of amides is 1. The molecule has 2 bridgehead atoms. The van der Waals surface area contributed by atoms with Gasteiger partial charge in [-0.1, -0.05) is 32.9 Å². The molecule has 1 amide bonds. The Bertz CT molecular complexity index is 699. The number of primary amides is 1. The molecule has 1 aromatic carbocycles. The van der Waals surface area contributed by atoms with Gasteiger partial charge < -0.3 is 10.5 Å². The normalized spacial score (nSPS) is 33.0. The summed E-state index contributed by atoms with van der Waals surface area (Å²) in [4.78, 5) is 23.6. The third kappa shape index (κ3) is 2.56. The van der Waals surface area contributed by atoms with Gasteiger partial charge in [-0.3, -0.25) is 4.79 Å². The van der Waals surface area contributed by atoms with Crippen LogP contribution < -0.4 is 10.5 Å². The second-order valence-corrected chi connectivity index (χ2v) is 9.60. The van der Waals surface area contributed by atoms with E-state index >= 15 is 0 Å². The van der Waals surface area contributed by atoms with Crippen LogP contribution in [0, 0.1) is 21.7 Å². The lowest BCUT2D eigenvalue weighted by Gasteiger charge is -2.56. The summed E-state index contributed by atoms with van der Waals surface area (Å²) in [7, 11) is 1.63. The van der Waals surface area contributed by atoms with Gasteiger partial charge in [0.05, 0.1) is 11.9 Å². The zero-order valence-electron chi connectivity index (χ0n) is 16.0. The average molecular weight is 377 g/mol. The zero-order valence-corrected chi connectivity index (χ0v) is 16.8. The van der Waals surface area contributed by atoms with Crippen LogP contribution in [0.1, 0.15) is 57.9 Å². The maximum atomic E-state index is 12.0. The van der Waals surface area contributed by atoms with E-state index in [1.54, 1.807) is 7.11 Å². The Morgan fingerprint density at radius 1 is 1.35 bits per heavy atom. The van der Waals surface area contributed by atoms with Gasteiger partial charge in [-0.25, -0.2) is 0 Å². The Hall–Kier alpha value is -1.56. The Morgan fingerprint density at radius 3 is 2.46 bits per heavy atom. The topological polar surface area (TPSA) is 81.8 Å². The first-order valence-electron chi connectivity index (χ1n) is 9.15. The van der Waals surface area contributed by atoms with Gasteiger partial charge in [0.15, 0.2) is 0 Å². The summed E-state index contributed by atoms with van der Waals surface area (Å²) in [5.41, 5.74) is 6.49. The molecule has 142 valence electrons. The molecule has 5 nitrogen and oxygen atoms in total. The minimum Gasteiger partial charge on any atom is -0.497 e. The molecule has 0 heterocycles. The molecule has 3 rings (SSSR count). The van der Waals surface area contributed by atoms with E-state index < -0.39 is 4.75 Å². The molecule has 4 unspecified atom stereocenters. The number of nitroso groups, excluding NO2 is 1. The number of fused-ring (bicyclic) bond motifs is 2. The van der Waals surface area contributed by atoms with Crippen LogP contribution >= 0.6 is 11.9 Å². The SMILES string of the molecule is COc1ccc(C(CC(N)=O)C2(SN=O)C3(C)CCC(C3)C2(C)C)cc1. The number of carbonyl (C=O) groups is 1. The highest BCUT2D eigenvalue weighted by Crippen LogP contribution is 2.76. The number of hydrogen-bond donors (Lipinski definition) is 1. The average Bonchev–Trinajstić information content (AvgIpc) is 3.07. The van der Waals surface area contributed by atoms with Crippen molar-refractivity contribution >= 4 is 17.9 Å². The molecule has 2 saturated carbocycles. The van der Waals surface area contributed by atoms with Crippen LogP contribution in [0.4, 0.5) is 0 Å². The van der Waals surface area contributed by atoms with Crippen LogP contribution in [-0.2, 0) is 4.79 Å². The molecular formula is C20H28N2O3S. The molecule has 6 heteroatoms. The van der Waals surface area contributed by atoms with E-state index in [4.69, 9.17) is 10.5 Å². The van der Waals surface area contributed by atoms with Crippen molar-refractivity contribution in [3.63, 3.8) is 0 Å². The van der Waals surface area contributed by atoms with Gasteiger partial charge in [-0.2, -0.15) is 0 Å². The Labute approximate surface area is 159 Å². The van der Waals surface area contributed by atoms with Crippen molar-refractivity contribution in [2.45, 2.75) is 57.1 Å². The standard InChI is InChI=1S/C20H28N2O3S/c1-18(2)14-9-10-19(3,12-14)20(18,26-22-24)16(11-17(21)23)13-5-7-15(25-4)8-6-13/h5-8,14,16H,9-12H2,1-4H3,(H2,21,23). The molecule has 26 heavy (non-hydrogen) atoms. The third-order valence-electron chi connectivity index (χ3n) is 7.21. The first-order chi connectivity index (χ1) is 12.2. The summed E-state index contributed by atoms with van der Waals surface area (Å²) in [6.07, 6.45) is 3.49. The fourth-order valence-corrected chi connectivity index (χ4v) is 7.30. The minimum absolute atomic E-state index is 0.0558. The quantitative estimate of drug-likeness (QED) is 0.554. The van der Waals surface area contributed by atoms with Crippen molar-refractivity contribution in [2.75, 3.05) is 7.11 Å². The molecule has 1 aromatic rings. The van der Waals surface area contributed by atoms with Gasteiger partial charge in [0, 0.05) is 28.9 Å². The van der Waals surface area contributed by atoms with E-state index in [1.165, 1.54) is 0 Å². The van der Waals surface area contributed by atoms with Crippen molar-refractivity contribution in [3.8, 4) is 5.75 Å². The molecule has 0 saturated heterocycles. The Morgan fingerprint density at radius 2 is 2.00 bits per heavy atom. The lowest BCUT2D eigenvalue weighted by Crippen LogP contribution is -2.55. The number of nitrogens with two attached hydrogens (primary N) is 1. The smallest absolute Gasteiger partial charge is 0.218 e. The first-order valence-corrected chi connectivity index (χ1v) is 9.92. The molecule has 0 aliphatic heterocycles. The number of hydrogen-bond acceptors (Lipinski definition) is 5. The van der Waals surface area contributed by atoms with E-state index in [9.17, 15) is 9.70 Å². The van der Waals surface area contributed by atoms with E-state index in [0.717, 1.165) is 42.5 Å². The molecular weight excluding hydrogens is 348 g/mol. The maximum Gasteiger partial charge on any atom is 0.218 e. The summed E-state index contributed by atoms with van der Waals surface area (Å²) < 4.78 is 8.14. The minimum atomic E-state index is -0.464. The largest absolute Gasteiger partial charge is 0.497 e. The lowest BCUT2D eigenvalue weighted by molar-refractivity contribution is -0.119. The zero-order chi connectivity index (χ0) is 19.2. The van der Waals surface area contributed by atoms with Crippen LogP contribution in [0.2, 0.25) is 0 Å². The van der Waals surface area contributed by atoms with Gasteiger partial charge in [0.25, 0.3) is 0 Å². The first kappa shape index (κ1) is 19.2. The van der Waals surface area contributed by atoms with E-state index in [0.29, 0.717) is 5.92 Å². The summed E-state index contributed by atoms with van der Waals surface area (Å²) in [6, 6.07) is 7.78. The molecule has 2 aliphatic carbocycles. The van der Waals surface area contributed by atoms with Gasteiger partial charge in [-0.15, -0.1) is 4.91 Å². The molecule has 0 aromatic heterocycles. The van der Waals surface area contributed by atoms with E-state index in [1.807, 2.05) is 24.3 Å². The highest BCUT2D eigenvalue weighted by molar-refractivity contribution is 7.99. The number of methoxy groups -OCH3 is 1. The molecule has 2 fully saturated rings. The summed E-state index contributed by atoms with van der Waals surface area (Å²) in [6.45, 7) is 6.73. The molecule has 0 spiro atoms. The van der Waals surface area contributed by atoms with Crippen LogP contribution in [0.3, 0.4) is 0 Å². The fraction of sp³-hybridized carbons (Fsp3) is 0.650. The Kier molecular flexibility index (Phi) is 4.84. The van der Waals surface area contributed by atoms with Crippen LogP contribution in [0.15, 0.2) is 28.8 Å². The van der Waals surface area contributed by atoms with Crippen molar-refractivity contribution < 1.29 is 9.53 Å². The van der Waals surface area contributed by atoms with Crippen molar-refractivity contribution in [3.05, 3.63) is 34.7 Å². The van der Waals surface area contributed by atoms with Crippen LogP contribution in [0.25, 0.3) is 0 Å². The summed E-state index contributed by atoms with van der Waals surface area (Å²) >= 11 is 1.14. The number of nitrogens with zero attached hydrogens (tertiary/aromatic N) is 1. The van der Waals surface area contributed by atoms with E-state index in [2.05, 4.69) is 25.4 Å². The predicted octanol–water partition coefficient (Wildman–Crippen LogP) is 4.65. The molecule has 2 N–H and O–H groups in total. The number of carbonyl (C=O) groups excluding carboxylic acids is 1. The van der Waals surface area contributed by atoms with Crippen molar-refractivity contribution in [2.24, 2.45) is 27.1 Å². The van der Waals surface area contributed by atoms with Crippen LogP contribution in [-0.4, -0.2) is 17.8 Å². The highest BCUT2D eigenvalue weighted by atomic mass is 32.2. The molecule has 0 radical (unpaired) electrons. The number of ether oxygens (including phenoxy) is 1. The lowest BCUT2D eigenvalue weighted by atomic mass is 9.56. The van der Waals surface area contributed by atoms with Gasteiger partial charge in [0.1, 0.15) is 5.75 Å². The second kappa shape index (κ2) is 6.55. The highest BCUT2D eigenvalue weighted by Gasteiger charge is 2.72. The van der Waals surface area contributed by atoms with Crippen LogP contribution in [0.5, 0.6) is 5.75 Å². The summed E-state index contributed by atoms with van der Waals surface area (Å²) in [5, 5.41) is 0. The fourth-order valence-electron chi connectivity index (χ4n) is 6.03. The van der Waals surface area contributed by atoms with E-state index in [-0.39, 0.29) is 29.1 Å². The van der Waals surface area contributed by atoms with Gasteiger partial charge in [0.2, 0.25) is 5.91 Å². The number of benzene rings is 1. The number of rotatable bonds is 7. The van der Waals surface area contributed by atoms with Gasteiger partial charge in [-0.05, 0) is 53.7 Å². The maximum absolute atomic E-state index is 12.0. The second-order valence-electron chi connectivity index (χ2n) is 8.62. The third-order valence-corrected chi connectivity index (χ3v) is 8.88. The van der Waals surface area contributed by atoms with Crippen molar-refractivity contribution in [1.29, 1.82) is 0 Å². The molecule has 4 atom stereocenters.